The molecule has 4 nitrogen and oxygen atoms in total. The molecule has 0 aromatic carbocycles. The highest BCUT2D eigenvalue weighted by Gasteiger charge is 2.68. The smallest absolute Gasteiger partial charge is 0.206 e. The lowest BCUT2D eigenvalue weighted by molar-refractivity contribution is -0.141. The van der Waals surface area contributed by atoms with Crippen LogP contribution in [0, 0.1) is 16.7 Å². The maximum absolute atomic E-state index is 12.3. The summed E-state index contributed by atoms with van der Waals surface area (Å²) in [7, 11) is -0.348. The molecular weight excluding hydrogens is 270 g/mol. The summed E-state index contributed by atoms with van der Waals surface area (Å²) in [4.78, 5) is 24.3. The number of ketones is 2. The van der Waals surface area contributed by atoms with Crippen LogP contribution in [0.25, 0.3) is 0 Å². The van der Waals surface area contributed by atoms with E-state index in [9.17, 15) is 9.59 Å². The molecule has 5 heteroatoms. The van der Waals surface area contributed by atoms with E-state index in [4.69, 9.17) is 4.43 Å². The van der Waals surface area contributed by atoms with Gasteiger partial charge in [-0.25, -0.2) is 0 Å². The van der Waals surface area contributed by atoms with Gasteiger partial charge in [0.2, 0.25) is 11.6 Å². The summed E-state index contributed by atoms with van der Waals surface area (Å²) in [5, 5.41) is 3.42. The fourth-order valence-corrected chi connectivity index (χ4v) is 4.91. The minimum absolute atomic E-state index is 0.0397. The SMILES string of the molecule is CCO[SiH2]CCCNCC12CCC(C(=O)C1=O)C2(C)C. The normalized spacial score (nSPS) is 31.9. The van der Waals surface area contributed by atoms with Gasteiger partial charge in [-0.2, -0.15) is 0 Å². The van der Waals surface area contributed by atoms with Gasteiger partial charge in [0.25, 0.3) is 0 Å². The van der Waals surface area contributed by atoms with Crippen LogP contribution in [0.5, 0.6) is 0 Å². The van der Waals surface area contributed by atoms with Crippen molar-refractivity contribution in [1.82, 2.24) is 5.32 Å². The van der Waals surface area contributed by atoms with Crippen LogP contribution in [0.4, 0.5) is 0 Å². The first-order valence-electron chi connectivity index (χ1n) is 7.84. The lowest BCUT2D eigenvalue weighted by atomic mass is 9.69. The number of hydrogen-bond donors (Lipinski definition) is 1. The lowest BCUT2D eigenvalue weighted by Crippen LogP contribution is -2.45. The van der Waals surface area contributed by atoms with Gasteiger partial charge in [-0.15, -0.1) is 0 Å². The van der Waals surface area contributed by atoms with Crippen molar-refractivity contribution in [3.8, 4) is 0 Å². The third kappa shape index (κ3) is 2.40. The molecule has 1 N–H and O–H groups in total. The third-order valence-corrected chi connectivity index (χ3v) is 6.95. The van der Waals surface area contributed by atoms with Gasteiger partial charge in [-0.1, -0.05) is 13.8 Å². The molecule has 0 aliphatic heterocycles. The number of nitrogens with one attached hydrogen (secondary N) is 1. The van der Waals surface area contributed by atoms with Gasteiger partial charge in [-0.05, 0) is 44.2 Å². The highest BCUT2D eigenvalue weighted by Crippen LogP contribution is 2.61. The van der Waals surface area contributed by atoms with E-state index >= 15 is 0 Å². The molecule has 0 amide bonds. The predicted octanol–water partition coefficient (Wildman–Crippen LogP) is 1.08. The maximum atomic E-state index is 12.3. The van der Waals surface area contributed by atoms with Gasteiger partial charge in [0.05, 0.1) is 5.41 Å². The molecule has 114 valence electrons. The molecule has 2 rings (SSSR count). The van der Waals surface area contributed by atoms with Crippen molar-refractivity contribution >= 4 is 21.3 Å². The van der Waals surface area contributed by atoms with Gasteiger partial charge in [0.1, 0.15) is 0 Å². The standard InChI is InChI=1S/C15H27NO3Si/c1-4-19-20-9-5-8-16-10-15-7-6-11(14(15,2)3)12(17)13(15)18/h11,16H,4-10,20H2,1-3H3. The van der Waals surface area contributed by atoms with Crippen LogP contribution in [0.15, 0.2) is 0 Å². The number of carbonyl (C=O) groups excluding carboxylic acids is 2. The first-order chi connectivity index (χ1) is 9.47. The first kappa shape index (κ1) is 15.9. The Balaban J connectivity index is 1.82. The highest BCUT2D eigenvalue weighted by atomic mass is 28.2. The van der Waals surface area contributed by atoms with E-state index in [-0.39, 0.29) is 32.7 Å². The fraction of sp³-hybridized carbons (Fsp3) is 0.867. The average Bonchev–Trinajstić information content (AvgIpc) is 2.74. The zero-order chi connectivity index (χ0) is 14.8. The lowest BCUT2D eigenvalue weighted by Gasteiger charge is -2.35. The molecular formula is C15H27NO3Si. The second kappa shape index (κ2) is 6.08. The molecule has 0 aromatic heterocycles. The Hall–Kier alpha value is -0.523. The summed E-state index contributed by atoms with van der Waals surface area (Å²) in [6, 6.07) is 1.17. The van der Waals surface area contributed by atoms with Crippen LogP contribution in [0.1, 0.15) is 40.0 Å². The summed E-state index contributed by atoms with van der Waals surface area (Å²) < 4.78 is 5.44. The van der Waals surface area contributed by atoms with Crippen LogP contribution in [0.2, 0.25) is 6.04 Å². The monoisotopic (exact) mass is 297 g/mol. The van der Waals surface area contributed by atoms with Crippen molar-refractivity contribution in [2.75, 3.05) is 19.7 Å². The number of fused-ring (bicyclic) bond motifs is 2. The molecule has 2 saturated carbocycles. The fourth-order valence-electron chi connectivity index (χ4n) is 3.96. The van der Waals surface area contributed by atoms with E-state index in [1.165, 1.54) is 6.04 Å². The van der Waals surface area contributed by atoms with E-state index in [2.05, 4.69) is 19.2 Å². The van der Waals surface area contributed by atoms with Gasteiger partial charge in [0, 0.05) is 19.1 Å². The van der Waals surface area contributed by atoms with Gasteiger partial charge >= 0.3 is 0 Å². The van der Waals surface area contributed by atoms with Crippen molar-refractivity contribution < 1.29 is 14.0 Å². The quantitative estimate of drug-likeness (QED) is 0.414. The molecule has 0 saturated heterocycles. The van der Waals surface area contributed by atoms with Crippen molar-refractivity contribution in [2.45, 2.75) is 46.1 Å². The Morgan fingerprint density at radius 1 is 1.40 bits per heavy atom. The molecule has 2 fully saturated rings. The molecule has 2 unspecified atom stereocenters. The number of Topliss-reactive ketones (excluding diaryl/α,β-unsaturated/α-hetero) is 2. The van der Waals surface area contributed by atoms with Crippen LogP contribution in [-0.2, 0) is 14.0 Å². The summed E-state index contributed by atoms with van der Waals surface area (Å²) in [5.41, 5.74) is -0.611. The number of rotatable bonds is 8. The summed E-state index contributed by atoms with van der Waals surface area (Å²) in [6.07, 6.45) is 2.86. The minimum atomic E-state index is -0.438. The van der Waals surface area contributed by atoms with Crippen LogP contribution < -0.4 is 5.32 Å². The Kier molecular flexibility index (Phi) is 4.82. The predicted molar refractivity (Wildman–Crippen MR) is 81.4 cm³/mol. The van der Waals surface area contributed by atoms with E-state index in [1.54, 1.807) is 0 Å². The summed E-state index contributed by atoms with van der Waals surface area (Å²) in [5.74, 6) is -0.274. The Morgan fingerprint density at radius 3 is 2.75 bits per heavy atom. The molecule has 20 heavy (non-hydrogen) atoms. The Labute approximate surface area is 124 Å². The Bertz CT molecular complexity index is 397. The zero-order valence-corrected chi connectivity index (χ0v) is 14.4. The molecule has 2 aliphatic carbocycles. The van der Waals surface area contributed by atoms with Crippen molar-refractivity contribution in [3.05, 3.63) is 0 Å². The average molecular weight is 297 g/mol. The molecule has 0 radical (unpaired) electrons. The van der Waals surface area contributed by atoms with E-state index in [0.29, 0.717) is 6.54 Å². The van der Waals surface area contributed by atoms with Gasteiger partial charge in [0.15, 0.2) is 9.76 Å². The largest absolute Gasteiger partial charge is 0.424 e. The molecule has 0 heterocycles. The highest BCUT2D eigenvalue weighted by molar-refractivity contribution is 6.43. The summed E-state index contributed by atoms with van der Waals surface area (Å²) in [6.45, 7) is 8.64. The van der Waals surface area contributed by atoms with E-state index in [0.717, 1.165) is 32.4 Å². The van der Waals surface area contributed by atoms with Crippen LogP contribution >= 0.6 is 0 Å². The van der Waals surface area contributed by atoms with E-state index < -0.39 is 5.41 Å². The van der Waals surface area contributed by atoms with E-state index in [1.807, 2.05) is 6.92 Å². The Morgan fingerprint density at radius 2 is 2.15 bits per heavy atom. The molecule has 0 spiro atoms. The molecule has 0 aromatic rings. The van der Waals surface area contributed by atoms with Crippen molar-refractivity contribution in [2.24, 2.45) is 16.7 Å². The van der Waals surface area contributed by atoms with Crippen LogP contribution in [-0.4, -0.2) is 41.0 Å². The molecule has 2 aliphatic rings. The minimum Gasteiger partial charge on any atom is -0.424 e. The number of hydrogen-bond acceptors (Lipinski definition) is 4. The second-order valence-electron chi connectivity index (χ2n) is 6.67. The topological polar surface area (TPSA) is 55.4 Å². The zero-order valence-electron chi connectivity index (χ0n) is 13.0. The van der Waals surface area contributed by atoms with Crippen molar-refractivity contribution in [1.29, 1.82) is 0 Å². The third-order valence-electron chi connectivity index (χ3n) is 5.46. The second-order valence-corrected chi connectivity index (χ2v) is 8.19. The van der Waals surface area contributed by atoms with Gasteiger partial charge < -0.3 is 9.74 Å². The summed E-state index contributed by atoms with van der Waals surface area (Å²) >= 11 is 0. The first-order valence-corrected chi connectivity index (χ1v) is 9.42. The van der Waals surface area contributed by atoms with Crippen molar-refractivity contribution in [3.63, 3.8) is 0 Å². The van der Waals surface area contributed by atoms with Crippen LogP contribution in [0.3, 0.4) is 0 Å². The molecule has 2 bridgehead atoms. The molecule has 2 atom stereocenters. The van der Waals surface area contributed by atoms with Gasteiger partial charge in [-0.3, -0.25) is 9.59 Å². The number of carbonyl (C=O) groups is 2. The maximum Gasteiger partial charge on any atom is 0.206 e.